The Morgan fingerprint density at radius 1 is 1.15 bits per heavy atom. The fourth-order valence-electron chi connectivity index (χ4n) is 3.70. The molecule has 0 bridgehead atoms. The van der Waals surface area contributed by atoms with Crippen LogP contribution in [0.15, 0.2) is 46.8 Å². The number of fused-ring (bicyclic) bond motifs is 1. The second-order valence-corrected chi connectivity index (χ2v) is 11.1. The third-order valence-electron chi connectivity index (χ3n) is 5.74. The van der Waals surface area contributed by atoms with Crippen LogP contribution in [0.5, 0.6) is 0 Å². The van der Waals surface area contributed by atoms with Crippen molar-refractivity contribution in [2.45, 2.75) is 58.7 Å². The second-order valence-electron chi connectivity index (χ2n) is 6.46. The lowest BCUT2D eigenvalue weighted by molar-refractivity contribution is 0.336. The molecule has 0 N–H and O–H groups in total. The summed E-state index contributed by atoms with van der Waals surface area (Å²) in [5.41, 5.74) is 4.62. The van der Waals surface area contributed by atoms with Gasteiger partial charge in [0.1, 0.15) is 0 Å². The van der Waals surface area contributed by atoms with Crippen LogP contribution in [0.1, 0.15) is 40.5 Å². The molecule has 1 spiro atoms. The Morgan fingerprint density at radius 3 is 2.35 bits per heavy atom. The molecule has 1 saturated carbocycles. The van der Waals surface area contributed by atoms with E-state index in [2.05, 4.69) is 52.0 Å². The lowest BCUT2D eigenvalue weighted by Gasteiger charge is -2.36. The van der Waals surface area contributed by atoms with Gasteiger partial charge in [0.05, 0.1) is 5.76 Å². The Kier molecular flexibility index (Phi) is 3.32. The van der Waals surface area contributed by atoms with Crippen LogP contribution in [0.4, 0.5) is 0 Å². The summed E-state index contributed by atoms with van der Waals surface area (Å²) >= 11 is 0. The third-order valence-corrected chi connectivity index (χ3v) is 10.3. The molecule has 1 nitrogen and oxygen atoms in total. The first-order valence-corrected chi connectivity index (χ1v) is 10.6. The van der Waals surface area contributed by atoms with Crippen LogP contribution in [0.2, 0.25) is 18.1 Å². The minimum Gasteiger partial charge on any atom is -0.546 e. The van der Waals surface area contributed by atoms with Gasteiger partial charge in [-0.15, -0.1) is 0 Å². The lowest BCUT2D eigenvalue weighted by atomic mass is 9.83. The van der Waals surface area contributed by atoms with Gasteiger partial charge in [-0.3, -0.25) is 0 Å². The van der Waals surface area contributed by atoms with Gasteiger partial charge in [-0.2, -0.15) is 0 Å². The van der Waals surface area contributed by atoms with Crippen LogP contribution < -0.4 is 0 Å². The Morgan fingerprint density at radius 2 is 1.80 bits per heavy atom. The van der Waals surface area contributed by atoms with Gasteiger partial charge >= 0.3 is 0 Å². The summed E-state index contributed by atoms with van der Waals surface area (Å²) in [6.07, 6.45) is 11.6. The summed E-state index contributed by atoms with van der Waals surface area (Å²) in [5, 5.41) is 0. The average molecular weight is 286 g/mol. The lowest BCUT2D eigenvalue weighted by Crippen LogP contribution is -2.37. The molecule has 0 saturated heterocycles. The van der Waals surface area contributed by atoms with E-state index in [1.54, 1.807) is 5.57 Å². The molecule has 2 heteroatoms. The number of hydrogen-bond donors (Lipinski definition) is 0. The Hall–Kier alpha value is -1.02. The average Bonchev–Trinajstić information content (AvgIpc) is 3.14. The Bertz CT molecular complexity index is 532. The normalized spacial score (nSPS) is 22.8. The van der Waals surface area contributed by atoms with E-state index >= 15 is 0 Å². The number of rotatable bonds is 5. The maximum atomic E-state index is 6.78. The first-order chi connectivity index (χ1) is 9.61. The predicted octanol–water partition coefficient (Wildman–Crippen LogP) is 5.50. The van der Waals surface area contributed by atoms with Crippen LogP contribution >= 0.6 is 0 Å². The summed E-state index contributed by atoms with van der Waals surface area (Å²) < 4.78 is 6.78. The smallest absolute Gasteiger partial charge is 0.250 e. The van der Waals surface area contributed by atoms with Crippen molar-refractivity contribution in [2.75, 3.05) is 0 Å². The molecule has 3 aliphatic rings. The molecule has 0 radical (unpaired) electrons. The molecule has 3 aliphatic carbocycles. The molecule has 1 fully saturated rings. The molecule has 0 unspecified atom stereocenters. The molecular weight excluding hydrogens is 260 g/mol. The van der Waals surface area contributed by atoms with E-state index in [9.17, 15) is 0 Å². The van der Waals surface area contributed by atoms with Gasteiger partial charge in [0, 0.05) is 5.41 Å². The molecule has 0 aromatic heterocycles. The van der Waals surface area contributed by atoms with Gasteiger partial charge in [-0.05, 0) is 55.1 Å². The summed E-state index contributed by atoms with van der Waals surface area (Å²) in [5.74, 6) is 1.30. The largest absolute Gasteiger partial charge is 0.546 e. The maximum Gasteiger partial charge on any atom is 0.250 e. The molecule has 0 atom stereocenters. The summed E-state index contributed by atoms with van der Waals surface area (Å²) in [4.78, 5) is 0. The maximum absolute atomic E-state index is 6.78. The SMILES string of the molecule is CC[Si](CC)(CC)OC1=CC2=CC=CC2=C(C)C12CC2. The molecule has 20 heavy (non-hydrogen) atoms. The van der Waals surface area contributed by atoms with Crippen molar-refractivity contribution in [3.05, 3.63) is 46.8 Å². The fourth-order valence-corrected chi connectivity index (χ4v) is 6.35. The van der Waals surface area contributed by atoms with Crippen molar-refractivity contribution in [2.24, 2.45) is 5.41 Å². The van der Waals surface area contributed by atoms with Crippen LogP contribution in [-0.2, 0) is 4.43 Å². The van der Waals surface area contributed by atoms with Gasteiger partial charge < -0.3 is 4.43 Å². The van der Waals surface area contributed by atoms with Gasteiger partial charge in [0.15, 0.2) is 0 Å². The highest BCUT2D eigenvalue weighted by molar-refractivity contribution is 6.73. The molecule has 108 valence electrons. The molecule has 0 aliphatic heterocycles. The zero-order chi connectivity index (χ0) is 14.4. The minimum atomic E-state index is -1.57. The zero-order valence-corrected chi connectivity index (χ0v) is 14.3. The molecular formula is C18H26OSi. The first kappa shape index (κ1) is 13.9. The van der Waals surface area contributed by atoms with E-state index in [-0.39, 0.29) is 5.41 Å². The van der Waals surface area contributed by atoms with Crippen molar-refractivity contribution in [3.8, 4) is 0 Å². The Labute approximate surface area is 124 Å². The monoisotopic (exact) mass is 286 g/mol. The van der Waals surface area contributed by atoms with Crippen LogP contribution in [0, 0.1) is 5.41 Å². The third kappa shape index (κ3) is 1.88. The standard InChI is InChI=1S/C18H26OSi/c1-5-20(6-2,7-3)19-17-13-15-9-8-10-16(15)14(4)18(17)11-12-18/h8-10,13H,5-7,11-12H2,1-4H3. The minimum absolute atomic E-state index is 0.263. The van der Waals surface area contributed by atoms with Crippen molar-refractivity contribution in [1.82, 2.24) is 0 Å². The van der Waals surface area contributed by atoms with Crippen molar-refractivity contribution in [1.29, 1.82) is 0 Å². The Balaban J connectivity index is 1.95. The second kappa shape index (κ2) is 4.76. The molecule has 0 amide bonds. The van der Waals surface area contributed by atoms with Crippen molar-refractivity contribution < 1.29 is 4.43 Å². The van der Waals surface area contributed by atoms with Crippen molar-refractivity contribution >= 4 is 8.32 Å². The summed E-state index contributed by atoms with van der Waals surface area (Å²) in [6, 6.07) is 3.67. The zero-order valence-electron chi connectivity index (χ0n) is 13.3. The molecule has 0 heterocycles. The fraction of sp³-hybridized carbons (Fsp3) is 0.556. The van der Waals surface area contributed by atoms with Crippen LogP contribution in [-0.4, -0.2) is 8.32 Å². The molecule has 0 aromatic carbocycles. The highest BCUT2D eigenvalue weighted by Crippen LogP contribution is 2.62. The highest BCUT2D eigenvalue weighted by atomic mass is 28.4. The molecule has 0 aromatic rings. The first-order valence-electron chi connectivity index (χ1n) is 8.12. The van der Waals surface area contributed by atoms with Gasteiger partial charge in [-0.25, -0.2) is 0 Å². The van der Waals surface area contributed by atoms with Gasteiger partial charge in [0.2, 0.25) is 8.32 Å². The van der Waals surface area contributed by atoms with E-state index < -0.39 is 8.32 Å². The van der Waals surface area contributed by atoms with Crippen LogP contribution in [0.25, 0.3) is 0 Å². The van der Waals surface area contributed by atoms with Crippen LogP contribution in [0.3, 0.4) is 0 Å². The number of allylic oxidation sites excluding steroid dienone is 7. The summed E-state index contributed by atoms with van der Waals surface area (Å²) in [6.45, 7) is 9.25. The van der Waals surface area contributed by atoms with E-state index in [0.717, 1.165) is 0 Å². The van der Waals surface area contributed by atoms with Crippen molar-refractivity contribution in [3.63, 3.8) is 0 Å². The topological polar surface area (TPSA) is 9.23 Å². The van der Waals surface area contributed by atoms with Gasteiger partial charge in [0.25, 0.3) is 0 Å². The van der Waals surface area contributed by atoms with E-state index in [1.165, 1.54) is 47.9 Å². The quantitative estimate of drug-likeness (QED) is 0.606. The van der Waals surface area contributed by atoms with E-state index in [1.807, 2.05) is 0 Å². The number of hydrogen-bond acceptors (Lipinski definition) is 1. The predicted molar refractivity (Wildman–Crippen MR) is 88.0 cm³/mol. The van der Waals surface area contributed by atoms with Gasteiger partial charge in [-0.1, -0.05) is 44.6 Å². The van der Waals surface area contributed by atoms with E-state index in [0.29, 0.717) is 0 Å². The molecule has 3 rings (SSSR count). The highest BCUT2D eigenvalue weighted by Gasteiger charge is 2.53. The van der Waals surface area contributed by atoms with E-state index in [4.69, 9.17) is 4.43 Å². The summed E-state index contributed by atoms with van der Waals surface area (Å²) in [7, 11) is -1.57.